The van der Waals surface area contributed by atoms with E-state index >= 15 is 0 Å². The van der Waals surface area contributed by atoms with Gasteiger partial charge in [0.05, 0.1) is 6.10 Å². The second-order valence-electron chi connectivity index (χ2n) is 4.09. The SMILES string of the molecule is C[C@@H]1CC[C@@H](CC[N+](=O)[O-])[C@@H](O)C1. The number of aliphatic hydroxyl groups excluding tert-OH is 1. The van der Waals surface area contributed by atoms with Gasteiger partial charge in [-0.05, 0) is 24.7 Å². The predicted molar refractivity (Wildman–Crippen MR) is 49.0 cm³/mol. The molecule has 0 unspecified atom stereocenters. The molecule has 0 radical (unpaired) electrons. The van der Waals surface area contributed by atoms with Crippen molar-refractivity contribution in [2.24, 2.45) is 11.8 Å². The standard InChI is InChI=1S/C9H17NO3/c1-7-2-3-8(9(11)6-7)4-5-10(12)13/h7-9,11H,2-6H2,1H3/t7-,8+,9+/m1/s1. The maximum absolute atomic E-state index is 10.1. The van der Waals surface area contributed by atoms with Crippen LogP contribution in [0, 0.1) is 22.0 Å². The number of nitrogens with zero attached hydrogens (tertiary/aromatic N) is 1. The zero-order valence-corrected chi connectivity index (χ0v) is 7.98. The smallest absolute Gasteiger partial charge is 0.204 e. The van der Waals surface area contributed by atoms with E-state index in [-0.39, 0.29) is 23.5 Å². The Kier molecular flexibility index (Phi) is 3.66. The number of nitro groups is 1. The van der Waals surface area contributed by atoms with Crippen LogP contribution in [0.4, 0.5) is 0 Å². The monoisotopic (exact) mass is 187 g/mol. The molecule has 1 fully saturated rings. The summed E-state index contributed by atoms with van der Waals surface area (Å²) in [4.78, 5) is 9.84. The van der Waals surface area contributed by atoms with E-state index in [1.54, 1.807) is 0 Å². The Labute approximate surface area is 78.1 Å². The Morgan fingerprint density at radius 2 is 2.23 bits per heavy atom. The van der Waals surface area contributed by atoms with Gasteiger partial charge in [-0.2, -0.15) is 0 Å². The lowest BCUT2D eigenvalue weighted by Gasteiger charge is -2.30. The van der Waals surface area contributed by atoms with Crippen molar-refractivity contribution in [1.29, 1.82) is 0 Å². The first-order chi connectivity index (χ1) is 6.09. The minimum atomic E-state index is -0.316. The van der Waals surface area contributed by atoms with Crippen LogP contribution in [0.25, 0.3) is 0 Å². The summed E-state index contributed by atoms with van der Waals surface area (Å²) in [6.07, 6.45) is 3.06. The number of rotatable bonds is 3. The third kappa shape index (κ3) is 3.30. The molecule has 13 heavy (non-hydrogen) atoms. The molecule has 4 heteroatoms. The molecule has 0 aromatic heterocycles. The van der Waals surface area contributed by atoms with Crippen LogP contribution in [0.2, 0.25) is 0 Å². The van der Waals surface area contributed by atoms with Crippen molar-refractivity contribution < 1.29 is 10.0 Å². The van der Waals surface area contributed by atoms with Gasteiger partial charge in [0, 0.05) is 11.3 Å². The maximum atomic E-state index is 10.1. The fourth-order valence-corrected chi connectivity index (χ4v) is 2.02. The molecule has 1 saturated carbocycles. The van der Waals surface area contributed by atoms with Crippen molar-refractivity contribution in [3.05, 3.63) is 10.1 Å². The quantitative estimate of drug-likeness (QED) is 0.537. The minimum Gasteiger partial charge on any atom is -0.393 e. The average Bonchev–Trinajstić information content (AvgIpc) is 2.02. The topological polar surface area (TPSA) is 63.4 Å². The van der Waals surface area contributed by atoms with Gasteiger partial charge in [-0.1, -0.05) is 13.3 Å². The molecule has 0 aromatic carbocycles. The lowest BCUT2D eigenvalue weighted by atomic mass is 9.79. The first kappa shape index (κ1) is 10.4. The summed E-state index contributed by atoms with van der Waals surface area (Å²) in [5, 5.41) is 19.8. The van der Waals surface area contributed by atoms with Crippen LogP contribution in [0.3, 0.4) is 0 Å². The van der Waals surface area contributed by atoms with Crippen LogP contribution in [0.1, 0.15) is 32.6 Å². The second-order valence-corrected chi connectivity index (χ2v) is 4.09. The Morgan fingerprint density at radius 1 is 1.54 bits per heavy atom. The molecule has 4 nitrogen and oxygen atoms in total. The summed E-state index contributed by atoms with van der Waals surface area (Å²) in [5.41, 5.74) is 0. The second kappa shape index (κ2) is 4.56. The molecule has 0 bridgehead atoms. The van der Waals surface area contributed by atoms with Crippen molar-refractivity contribution in [3.63, 3.8) is 0 Å². The van der Waals surface area contributed by atoms with E-state index < -0.39 is 0 Å². The van der Waals surface area contributed by atoms with Crippen molar-refractivity contribution in [3.8, 4) is 0 Å². The molecule has 1 N–H and O–H groups in total. The predicted octanol–water partition coefficient (Wildman–Crippen LogP) is 1.45. The van der Waals surface area contributed by atoms with Gasteiger partial charge in [-0.3, -0.25) is 10.1 Å². The van der Waals surface area contributed by atoms with Crippen LogP contribution >= 0.6 is 0 Å². The van der Waals surface area contributed by atoms with Crippen LogP contribution in [-0.4, -0.2) is 22.7 Å². The number of hydrogen-bond acceptors (Lipinski definition) is 3. The molecule has 0 saturated heterocycles. The normalized spacial score (nSPS) is 34.5. The van der Waals surface area contributed by atoms with Gasteiger partial charge in [0.15, 0.2) is 0 Å². The summed E-state index contributed by atoms with van der Waals surface area (Å²) < 4.78 is 0. The summed E-state index contributed by atoms with van der Waals surface area (Å²) >= 11 is 0. The molecule has 3 atom stereocenters. The lowest BCUT2D eigenvalue weighted by molar-refractivity contribution is -0.482. The average molecular weight is 187 g/mol. The highest BCUT2D eigenvalue weighted by Gasteiger charge is 2.27. The minimum absolute atomic E-state index is 0.00386. The molecule has 1 aliphatic carbocycles. The van der Waals surface area contributed by atoms with E-state index in [2.05, 4.69) is 6.92 Å². The Bertz CT molecular complexity index is 184. The van der Waals surface area contributed by atoms with E-state index in [1.807, 2.05) is 0 Å². The first-order valence-electron chi connectivity index (χ1n) is 4.89. The van der Waals surface area contributed by atoms with Crippen LogP contribution in [0.5, 0.6) is 0 Å². The molecule has 0 heterocycles. The van der Waals surface area contributed by atoms with Gasteiger partial charge >= 0.3 is 0 Å². The van der Waals surface area contributed by atoms with Crippen LogP contribution in [-0.2, 0) is 0 Å². The summed E-state index contributed by atoms with van der Waals surface area (Å²) in [5.74, 6) is 0.725. The molecule has 0 spiro atoms. The molecular weight excluding hydrogens is 170 g/mol. The molecule has 76 valence electrons. The highest BCUT2D eigenvalue weighted by Crippen LogP contribution is 2.30. The van der Waals surface area contributed by atoms with Gasteiger partial charge < -0.3 is 5.11 Å². The molecule has 0 aromatic rings. The molecule has 1 aliphatic rings. The summed E-state index contributed by atoms with van der Waals surface area (Å²) in [7, 11) is 0. The van der Waals surface area contributed by atoms with Gasteiger partial charge in [0.1, 0.15) is 0 Å². The van der Waals surface area contributed by atoms with Gasteiger partial charge in [0.2, 0.25) is 6.54 Å². The maximum Gasteiger partial charge on any atom is 0.204 e. The summed E-state index contributed by atoms with van der Waals surface area (Å²) in [6.45, 7) is 2.11. The fraction of sp³-hybridized carbons (Fsp3) is 1.00. The van der Waals surface area contributed by atoms with Crippen molar-refractivity contribution in [1.82, 2.24) is 0 Å². The highest BCUT2D eigenvalue weighted by atomic mass is 16.6. The van der Waals surface area contributed by atoms with Crippen molar-refractivity contribution in [2.75, 3.05) is 6.54 Å². The number of hydrogen-bond donors (Lipinski definition) is 1. The number of aliphatic hydroxyl groups is 1. The Morgan fingerprint density at radius 3 is 2.77 bits per heavy atom. The summed E-state index contributed by atoms with van der Waals surface area (Å²) in [6, 6.07) is 0. The Hall–Kier alpha value is -0.640. The van der Waals surface area contributed by atoms with Gasteiger partial charge in [-0.15, -0.1) is 0 Å². The van der Waals surface area contributed by atoms with E-state index in [4.69, 9.17) is 0 Å². The van der Waals surface area contributed by atoms with Crippen molar-refractivity contribution in [2.45, 2.75) is 38.7 Å². The molecule has 0 aliphatic heterocycles. The van der Waals surface area contributed by atoms with Crippen LogP contribution < -0.4 is 0 Å². The van der Waals surface area contributed by atoms with E-state index in [9.17, 15) is 15.2 Å². The third-order valence-electron chi connectivity index (χ3n) is 2.90. The van der Waals surface area contributed by atoms with Gasteiger partial charge in [0.25, 0.3) is 0 Å². The zero-order valence-electron chi connectivity index (χ0n) is 7.98. The van der Waals surface area contributed by atoms with E-state index in [0.717, 1.165) is 19.3 Å². The zero-order chi connectivity index (χ0) is 9.84. The van der Waals surface area contributed by atoms with Crippen molar-refractivity contribution >= 4 is 0 Å². The van der Waals surface area contributed by atoms with E-state index in [1.165, 1.54) is 0 Å². The van der Waals surface area contributed by atoms with Crippen LogP contribution in [0.15, 0.2) is 0 Å². The Balaban J connectivity index is 2.29. The highest BCUT2D eigenvalue weighted by molar-refractivity contribution is 4.77. The van der Waals surface area contributed by atoms with E-state index in [0.29, 0.717) is 12.3 Å². The molecular formula is C9H17NO3. The molecule has 1 rings (SSSR count). The lowest BCUT2D eigenvalue weighted by Crippen LogP contribution is -2.29. The molecule has 0 amide bonds. The van der Waals surface area contributed by atoms with Gasteiger partial charge in [-0.25, -0.2) is 0 Å². The third-order valence-corrected chi connectivity index (χ3v) is 2.90. The largest absolute Gasteiger partial charge is 0.393 e. The first-order valence-corrected chi connectivity index (χ1v) is 4.89. The fourth-order valence-electron chi connectivity index (χ4n) is 2.02.